The fraction of sp³-hybridized carbons (Fsp3) is 0.273. The molecule has 1 aliphatic heterocycles. The average molecular weight is 217 g/mol. The maximum Gasteiger partial charge on any atom is 0.260 e. The Labute approximate surface area is 92.9 Å². The highest BCUT2D eigenvalue weighted by Crippen LogP contribution is 2.25. The van der Waals surface area contributed by atoms with Gasteiger partial charge >= 0.3 is 0 Å². The molecule has 0 aromatic heterocycles. The maximum absolute atomic E-state index is 11.9. The third kappa shape index (κ3) is 1.59. The van der Waals surface area contributed by atoms with Crippen LogP contribution in [0.25, 0.3) is 0 Å². The first-order valence-electron chi connectivity index (χ1n) is 4.86. The molecule has 1 atom stereocenters. The molecule has 82 valence electrons. The monoisotopic (exact) mass is 217 g/mol. The van der Waals surface area contributed by atoms with Gasteiger partial charge in [-0.2, -0.15) is 5.26 Å². The van der Waals surface area contributed by atoms with E-state index in [0.29, 0.717) is 11.3 Å². The van der Waals surface area contributed by atoms with Crippen LogP contribution in [0.5, 0.6) is 0 Å². The van der Waals surface area contributed by atoms with E-state index in [1.807, 2.05) is 19.1 Å². The van der Waals surface area contributed by atoms with Crippen LogP contribution in [0, 0.1) is 18.3 Å². The van der Waals surface area contributed by atoms with Gasteiger partial charge in [-0.05, 0) is 19.1 Å². The molecule has 16 heavy (non-hydrogen) atoms. The molecule has 1 aromatic carbocycles. The van der Waals surface area contributed by atoms with Crippen molar-refractivity contribution in [1.29, 1.82) is 5.26 Å². The first-order valence-corrected chi connectivity index (χ1v) is 4.86. The fourth-order valence-electron chi connectivity index (χ4n) is 1.68. The van der Waals surface area contributed by atoms with Gasteiger partial charge < -0.3 is 10.4 Å². The number of carbonyl (C=O) groups is 1. The minimum atomic E-state index is -1.14. The third-order valence-corrected chi connectivity index (χ3v) is 2.49. The highest BCUT2D eigenvalue weighted by molar-refractivity contribution is 6.01. The van der Waals surface area contributed by atoms with Gasteiger partial charge in [0.2, 0.25) is 6.35 Å². The van der Waals surface area contributed by atoms with Crippen molar-refractivity contribution in [3.8, 4) is 6.07 Å². The van der Waals surface area contributed by atoms with Gasteiger partial charge in [0.05, 0.1) is 17.3 Å². The minimum Gasteiger partial charge on any atom is -0.356 e. The van der Waals surface area contributed by atoms with Crippen LogP contribution in [0.4, 0.5) is 5.69 Å². The third-order valence-electron chi connectivity index (χ3n) is 2.49. The van der Waals surface area contributed by atoms with Crippen molar-refractivity contribution < 1.29 is 9.90 Å². The van der Waals surface area contributed by atoms with Crippen LogP contribution in [-0.2, 0) is 0 Å². The topological polar surface area (TPSA) is 76.4 Å². The lowest BCUT2D eigenvalue weighted by molar-refractivity contribution is 0.0244. The Balaban J connectivity index is 2.43. The van der Waals surface area contributed by atoms with E-state index < -0.39 is 6.35 Å². The van der Waals surface area contributed by atoms with Crippen molar-refractivity contribution in [2.75, 3.05) is 11.9 Å². The highest BCUT2D eigenvalue weighted by atomic mass is 16.3. The number of rotatable bonds is 1. The number of hydrogen-bond acceptors (Lipinski definition) is 4. The number of carbonyl (C=O) groups excluding carboxylic acids is 1. The summed E-state index contributed by atoms with van der Waals surface area (Å²) in [5, 5.41) is 21.0. The Bertz CT molecular complexity index is 479. The van der Waals surface area contributed by atoms with Crippen LogP contribution >= 0.6 is 0 Å². The zero-order chi connectivity index (χ0) is 11.7. The van der Waals surface area contributed by atoms with E-state index >= 15 is 0 Å². The average Bonchev–Trinajstić information content (AvgIpc) is 2.26. The molecule has 5 heteroatoms. The molecule has 0 radical (unpaired) electrons. The van der Waals surface area contributed by atoms with Gasteiger partial charge in [0.1, 0.15) is 6.54 Å². The largest absolute Gasteiger partial charge is 0.356 e. The van der Waals surface area contributed by atoms with E-state index in [9.17, 15) is 9.90 Å². The second-order valence-electron chi connectivity index (χ2n) is 3.66. The molecule has 1 unspecified atom stereocenters. The van der Waals surface area contributed by atoms with E-state index in [0.717, 1.165) is 10.5 Å². The Hall–Kier alpha value is -2.06. The number of nitrogens with one attached hydrogen (secondary N) is 1. The van der Waals surface area contributed by atoms with Crippen LogP contribution in [0.3, 0.4) is 0 Å². The summed E-state index contributed by atoms with van der Waals surface area (Å²) < 4.78 is 0. The number of amides is 1. The lowest BCUT2D eigenvalue weighted by Crippen LogP contribution is -2.48. The molecule has 1 aliphatic rings. The highest BCUT2D eigenvalue weighted by Gasteiger charge is 2.30. The van der Waals surface area contributed by atoms with Crippen molar-refractivity contribution in [3.63, 3.8) is 0 Å². The fourth-order valence-corrected chi connectivity index (χ4v) is 1.68. The van der Waals surface area contributed by atoms with Crippen LogP contribution < -0.4 is 5.32 Å². The number of hydrogen-bond donors (Lipinski definition) is 2. The van der Waals surface area contributed by atoms with Gasteiger partial charge in [0.25, 0.3) is 5.91 Å². The minimum absolute atomic E-state index is 0.139. The summed E-state index contributed by atoms with van der Waals surface area (Å²) in [5.41, 5.74) is 2.04. The standard InChI is InChI=1S/C11H11N3O2/c1-7-2-3-9-8(6-7)10(15)14(5-4-12)11(16)13-9/h2-3,6,11,13,16H,5H2,1H3. The summed E-state index contributed by atoms with van der Waals surface area (Å²) in [6.45, 7) is 1.74. The Morgan fingerprint density at radius 2 is 2.38 bits per heavy atom. The smallest absolute Gasteiger partial charge is 0.260 e. The van der Waals surface area contributed by atoms with Crippen LogP contribution in [0.1, 0.15) is 15.9 Å². The van der Waals surface area contributed by atoms with E-state index in [2.05, 4.69) is 5.32 Å². The number of fused-ring (bicyclic) bond motifs is 1. The van der Waals surface area contributed by atoms with Gasteiger partial charge in [0, 0.05) is 0 Å². The summed E-state index contributed by atoms with van der Waals surface area (Å²) in [6.07, 6.45) is -1.14. The zero-order valence-electron chi connectivity index (χ0n) is 8.77. The first-order chi connectivity index (χ1) is 7.63. The van der Waals surface area contributed by atoms with E-state index in [-0.39, 0.29) is 12.5 Å². The number of anilines is 1. The van der Waals surface area contributed by atoms with Crippen molar-refractivity contribution >= 4 is 11.6 Å². The second-order valence-corrected chi connectivity index (χ2v) is 3.66. The normalized spacial score (nSPS) is 18.7. The lowest BCUT2D eigenvalue weighted by atomic mass is 10.1. The SMILES string of the molecule is Cc1ccc2c(c1)C(=O)N(CC#N)C(O)N2. The molecular weight excluding hydrogens is 206 g/mol. The van der Waals surface area contributed by atoms with E-state index in [1.54, 1.807) is 12.1 Å². The van der Waals surface area contributed by atoms with E-state index in [1.165, 1.54) is 0 Å². The second kappa shape index (κ2) is 3.83. The first kappa shape index (κ1) is 10.5. The Morgan fingerprint density at radius 1 is 1.62 bits per heavy atom. The van der Waals surface area contributed by atoms with Crippen molar-refractivity contribution in [2.45, 2.75) is 13.3 Å². The molecule has 1 aromatic rings. The van der Waals surface area contributed by atoms with Gasteiger partial charge in [0.15, 0.2) is 0 Å². The number of nitriles is 1. The molecule has 0 aliphatic carbocycles. The molecule has 0 saturated heterocycles. The number of aryl methyl sites for hydroxylation is 1. The van der Waals surface area contributed by atoms with Crippen molar-refractivity contribution in [2.24, 2.45) is 0 Å². The molecule has 2 N–H and O–H groups in total. The Morgan fingerprint density at radius 3 is 3.06 bits per heavy atom. The van der Waals surface area contributed by atoms with Gasteiger partial charge in [-0.3, -0.25) is 9.69 Å². The molecule has 0 spiro atoms. The molecule has 1 amide bonds. The quantitative estimate of drug-likeness (QED) is 0.677. The van der Waals surface area contributed by atoms with Crippen LogP contribution in [0.15, 0.2) is 18.2 Å². The zero-order valence-corrected chi connectivity index (χ0v) is 8.77. The molecule has 1 heterocycles. The van der Waals surface area contributed by atoms with Crippen LogP contribution in [-0.4, -0.2) is 28.8 Å². The molecule has 0 bridgehead atoms. The van der Waals surface area contributed by atoms with Gasteiger partial charge in [-0.25, -0.2) is 0 Å². The molecular formula is C11H11N3O2. The lowest BCUT2D eigenvalue weighted by Gasteiger charge is -2.32. The van der Waals surface area contributed by atoms with Crippen LogP contribution in [0.2, 0.25) is 0 Å². The molecule has 2 rings (SSSR count). The molecule has 0 saturated carbocycles. The predicted molar refractivity (Wildman–Crippen MR) is 57.5 cm³/mol. The van der Waals surface area contributed by atoms with E-state index in [4.69, 9.17) is 5.26 Å². The van der Waals surface area contributed by atoms with Gasteiger partial charge in [-0.15, -0.1) is 0 Å². The van der Waals surface area contributed by atoms with Crippen molar-refractivity contribution in [1.82, 2.24) is 4.90 Å². The predicted octanol–water partition coefficient (Wildman–Crippen LogP) is 0.662. The van der Waals surface area contributed by atoms with Crippen molar-refractivity contribution in [3.05, 3.63) is 29.3 Å². The Kier molecular flexibility index (Phi) is 2.50. The summed E-state index contributed by atoms with van der Waals surface area (Å²) in [6, 6.07) is 7.18. The summed E-state index contributed by atoms with van der Waals surface area (Å²) in [5.74, 6) is -0.327. The summed E-state index contributed by atoms with van der Waals surface area (Å²) >= 11 is 0. The number of aliphatic hydroxyl groups excluding tert-OH is 1. The summed E-state index contributed by atoms with van der Waals surface area (Å²) in [4.78, 5) is 13.0. The molecule has 5 nitrogen and oxygen atoms in total. The number of nitrogens with zero attached hydrogens (tertiary/aromatic N) is 2. The van der Waals surface area contributed by atoms with Gasteiger partial charge in [-0.1, -0.05) is 11.6 Å². The molecule has 0 fully saturated rings. The number of benzene rings is 1. The summed E-state index contributed by atoms with van der Waals surface area (Å²) in [7, 11) is 0. The maximum atomic E-state index is 11.9. The number of aliphatic hydroxyl groups is 1.